The summed E-state index contributed by atoms with van der Waals surface area (Å²) < 4.78 is 38.9. The molecule has 4 atom stereocenters. The van der Waals surface area contributed by atoms with Crippen molar-refractivity contribution in [1.29, 1.82) is 0 Å². The molecule has 25 heavy (non-hydrogen) atoms. The maximum Gasteiger partial charge on any atom is 0.416 e. The molecule has 1 heterocycles. The smallest absolute Gasteiger partial charge is 0.274 e. The molecule has 6 heteroatoms. The first-order valence-electron chi connectivity index (χ1n) is 8.43. The van der Waals surface area contributed by atoms with Gasteiger partial charge in [-0.15, -0.1) is 6.58 Å². The number of carbonyl (C=O) groups excluding carboxylic acids is 2. The van der Waals surface area contributed by atoms with Crippen molar-refractivity contribution in [1.82, 2.24) is 0 Å². The quantitative estimate of drug-likeness (QED) is 0.584. The van der Waals surface area contributed by atoms with E-state index in [1.165, 1.54) is 12.1 Å². The molecule has 1 aliphatic carbocycles. The van der Waals surface area contributed by atoms with Crippen LogP contribution in [0.25, 0.3) is 0 Å². The first kappa shape index (κ1) is 17.7. The Balaban J connectivity index is 2.03. The van der Waals surface area contributed by atoms with Gasteiger partial charge in [0.25, 0.3) is 0 Å². The summed E-state index contributed by atoms with van der Waals surface area (Å²) in [6.07, 6.45) is -0.320. The van der Waals surface area contributed by atoms with E-state index in [1.54, 1.807) is 6.08 Å². The van der Waals surface area contributed by atoms with Crippen LogP contribution in [0.2, 0.25) is 0 Å². The number of fused-ring (bicyclic) bond motifs is 1. The van der Waals surface area contributed by atoms with Crippen LogP contribution in [-0.4, -0.2) is 11.8 Å². The Hall–Kier alpha value is -2.11. The van der Waals surface area contributed by atoms with Gasteiger partial charge in [0.1, 0.15) is 0 Å². The molecule has 2 amide bonds. The highest BCUT2D eigenvalue weighted by atomic mass is 19.4. The fourth-order valence-electron chi connectivity index (χ4n) is 4.14. The highest BCUT2D eigenvalue weighted by Gasteiger charge is 2.53. The number of alkyl halides is 3. The number of carbonyl (C=O) groups is 2. The zero-order valence-electron chi connectivity index (χ0n) is 13.9. The second-order valence-electron chi connectivity index (χ2n) is 6.92. The van der Waals surface area contributed by atoms with E-state index in [4.69, 9.17) is 0 Å². The third-order valence-electron chi connectivity index (χ3n) is 5.40. The van der Waals surface area contributed by atoms with Gasteiger partial charge in [0.2, 0.25) is 11.8 Å². The van der Waals surface area contributed by atoms with Crippen LogP contribution in [0, 0.1) is 23.7 Å². The predicted molar refractivity (Wildman–Crippen MR) is 87.6 cm³/mol. The maximum atomic E-state index is 13.0. The number of imide groups is 1. The molecule has 3 nitrogen and oxygen atoms in total. The normalized spacial score (nSPS) is 30.2. The molecule has 0 N–H and O–H groups in total. The predicted octanol–water partition coefficient (Wildman–Crippen LogP) is 4.43. The molecule has 0 bridgehead atoms. The average molecular weight is 351 g/mol. The van der Waals surface area contributed by atoms with Gasteiger partial charge in [-0.25, -0.2) is 0 Å². The van der Waals surface area contributed by atoms with Crippen LogP contribution in [0.3, 0.4) is 0 Å². The number of nitrogens with zero attached hydrogens (tertiary/aromatic N) is 1. The molecule has 4 unspecified atom stereocenters. The second-order valence-corrected chi connectivity index (χ2v) is 6.92. The minimum absolute atomic E-state index is 0.00656. The molecule has 2 fully saturated rings. The highest BCUT2D eigenvalue weighted by molar-refractivity contribution is 6.22. The summed E-state index contributed by atoms with van der Waals surface area (Å²) in [5.41, 5.74) is -0.876. The fraction of sp³-hybridized carbons (Fsp3) is 0.474. The Bertz CT molecular complexity index is 713. The minimum atomic E-state index is -4.52. The van der Waals surface area contributed by atoms with Gasteiger partial charge in [-0.3, -0.25) is 14.5 Å². The zero-order valence-corrected chi connectivity index (χ0v) is 13.9. The monoisotopic (exact) mass is 351 g/mol. The van der Waals surface area contributed by atoms with Gasteiger partial charge in [0, 0.05) is 0 Å². The topological polar surface area (TPSA) is 37.4 Å². The summed E-state index contributed by atoms with van der Waals surface area (Å²) in [4.78, 5) is 26.8. The maximum absolute atomic E-state index is 13.0. The summed E-state index contributed by atoms with van der Waals surface area (Å²) in [5, 5.41) is 0. The van der Waals surface area contributed by atoms with E-state index in [2.05, 4.69) is 6.58 Å². The molecule has 3 rings (SSSR count). The number of amides is 2. The number of allylic oxidation sites excluding steroid dienone is 1. The van der Waals surface area contributed by atoms with Crippen molar-refractivity contribution in [3.63, 3.8) is 0 Å². The number of hydrogen-bond acceptors (Lipinski definition) is 2. The Morgan fingerprint density at radius 1 is 1.16 bits per heavy atom. The fourth-order valence-corrected chi connectivity index (χ4v) is 4.14. The van der Waals surface area contributed by atoms with E-state index in [0.29, 0.717) is 0 Å². The molecule has 1 aliphatic heterocycles. The van der Waals surface area contributed by atoms with Gasteiger partial charge < -0.3 is 0 Å². The molecule has 1 aromatic carbocycles. The first-order chi connectivity index (χ1) is 11.8. The molecule has 0 aromatic heterocycles. The third kappa shape index (κ3) is 2.98. The minimum Gasteiger partial charge on any atom is -0.274 e. The summed E-state index contributed by atoms with van der Waals surface area (Å²) in [6, 6.07) is 4.40. The number of rotatable bonds is 2. The van der Waals surface area contributed by atoms with Crippen LogP contribution in [0.1, 0.15) is 31.7 Å². The number of hydrogen-bond donors (Lipinski definition) is 0. The SMILES string of the molecule is C=CC1CCCC(C)C2C(=O)N(c3cccc(C(F)(F)F)c3)C(=O)C12. The Kier molecular flexibility index (Phi) is 4.47. The van der Waals surface area contributed by atoms with Crippen LogP contribution >= 0.6 is 0 Å². The second kappa shape index (κ2) is 6.32. The first-order valence-corrected chi connectivity index (χ1v) is 8.43. The lowest BCUT2D eigenvalue weighted by Gasteiger charge is -2.21. The van der Waals surface area contributed by atoms with Crippen LogP contribution < -0.4 is 4.90 Å². The standard InChI is InChI=1S/C19H20F3NO2/c1-3-12-7-4-6-11(2)15-16(12)18(25)23(17(15)24)14-9-5-8-13(10-14)19(20,21)22/h3,5,8-12,15-16H,1,4,6-7H2,2H3. The summed E-state index contributed by atoms with van der Waals surface area (Å²) in [6.45, 7) is 5.72. The van der Waals surface area contributed by atoms with Crippen LogP contribution in [-0.2, 0) is 15.8 Å². The highest BCUT2D eigenvalue weighted by Crippen LogP contribution is 2.45. The summed E-state index contributed by atoms with van der Waals surface area (Å²) in [5.74, 6) is -1.93. The summed E-state index contributed by atoms with van der Waals surface area (Å²) in [7, 11) is 0. The van der Waals surface area contributed by atoms with Crippen molar-refractivity contribution >= 4 is 17.5 Å². The van der Waals surface area contributed by atoms with Crippen molar-refractivity contribution in [3.8, 4) is 0 Å². The Morgan fingerprint density at radius 3 is 2.48 bits per heavy atom. The third-order valence-corrected chi connectivity index (χ3v) is 5.40. The summed E-state index contributed by atoms with van der Waals surface area (Å²) >= 11 is 0. The molecular formula is C19H20F3NO2. The molecular weight excluding hydrogens is 331 g/mol. The molecule has 1 aromatic rings. The van der Waals surface area contributed by atoms with Crippen LogP contribution in [0.4, 0.5) is 18.9 Å². The van der Waals surface area contributed by atoms with Crippen molar-refractivity contribution in [2.45, 2.75) is 32.4 Å². The van der Waals surface area contributed by atoms with Gasteiger partial charge in [0.15, 0.2) is 0 Å². The molecule has 2 aliphatic rings. The number of anilines is 1. The zero-order chi connectivity index (χ0) is 18.4. The van der Waals surface area contributed by atoms with Gasteiger partial charge >= 0.3 is 6.18 Å². The van der Waals surface area contributed by atoms with E-state index in [1.807, 2.05) is 6.92 Å². The lowest BCUT2D eigenvalue weighted by Crippen LogP contribution is -2.32. The Labute approximate surface area is 144 Å². The van der Waals surface area contributed by atoms with Crippen LogP contribution in [0.5, 0.6) is 0 Å². The van der Waals surface area contributed by atoms with Gasteiger partial charge in [-0.1, -0.05) is 25.5 Å². The molecule has 0 spiro atoms. The van der Waals surface area contributed by atoms with Crippen molar-refractivity contribution in [3.05, 3.63) is 42.5 Å². The molecule has 0 radical (unpaired) electrons. The average Bonchev–Trinajstić information content (AvgIpc) is 2.71. The van der Waals surface area contributed by atoms with E-state index in [0.717, 1.165) is 36.3 Å². The van der Waals surface area contributed by atoms with E-state index < -0.39 is 35.4 Å². The van der Waals surface area contributed by atoms with Crippen molar-refractivity contribution in [2.75, 3.05) is 4.90 Å². The lowest BCUT2D eigenvalue weighted by molar-refractivity contribution is -0.137. The largest absolute Gasteiger partial charge is 0.416 e. The van der Waals surface area contributed by atoms with Gasteiger partial charge in [-0.2, -0.15) is 13.2 Å². The van der Waals surface area contributed by atoms with E-state index in [9.17, 15) is 22.8 Å². The molecule has 1 saturated carbocycles. The lowest BCUT2D eigenvalue weighted by atomic mass is 9.78. The Morgan fingerprint density at radius 2 is 1.84 bits per heavy atom. The molecule has 134 valence electrons. The number of halogens is 3. The van der Waals surface area contributed by atoms with Crippen molar-refractivity contribution < 1.29 is 22.8 Å². The van der Waals surface area contributed by atoms with Gasteiger partial charge in [0.05, 0.1) is 23.1 Å². The molecule has 1 saturated heterocycles. The number of benzene rings is 1. The van der Waals surface area contributed by atoms with E-state index in [-0.39, 0.29) is 17.5 Å². The van der Waals surface area contributed by atoms with Crippen molar-refractivity contribution in [2.24, 2.45) is 23.7 Å². The van der Waals surface area contributed by atoms with Crippen LogP contribution in [0.15, 0.2) is 36.9 Å². The van der Waals surface area contributed by atoms with Gasteiger partial charge in [-0.05, 0) is 42.9 Å². The van der Waals surface area contributed by atoms with E-state index >= 15 is 0 Å².